The van der Waals surface area contributed by atoms with Crippen LogP contribution in [0, 0.1) is 6.92 Å². The topological polar surface area (TPSA) is 195 Å². The second-order valence-corrected chi connectivity index (χ2v) is 19.1. The number of hydrogen-bond donors (Lipinski definition) is 3. The molecule has 0 atom stereocenters. The number of nitrogens with one attached hydrogen (secondary N) is 3. The van der Waals surface area contributed by atoms with E-state index in [9.17, 15) is 26.4 Å². The van der Waals surface area contributed by atoms with Crippen molar-refractivity contribution in [2.45, 2.75) is 39.5 Å². The SMILES string of the molecule is COc1c(NC(=O)c2ccc(C)c(-c3ccc4nc(Cc5cc(OS(C)(=O)=O)cc(C(=O)NCCN6CCOCC6)c5)ncc4c3)c2)cc(C(C)(C)C)cc1NS(C)(=O)=O. The summed E-state index contributed by atoms with van der Waals surface area (Å²) in [6.07, 6.45) is 3.88. The van der Waals surface area contributed by atoms with Gasteiger partial charge in [0.1, 0.15) is 11.6 Å². The average Bonchev–Trinajstić information content (AvgIpc) is 3.16. The first-order valence-corrected chi connectivity index (χ1v) is 23.0. The fraction of sp³-hybridized carbons (Fsp3) is 0.349. The van der Waals surface area contributed by atoms with Crippen molar-refractivity contribution in [3.8, 4) is 22.6 Å². The van der Waals surface area contributed by atoms with Crippen molar-refractivity contribution in [3.63, 3.8) is 0 Å². The number of aromatic nitrogens is 2. The van der Waals surface area contributed by atoms with Crippen LogP contribution >= 0.6 is 0 Å². The molecule has 0 bridgehead atoms. The Labute approximate surface area is 351 Å². The number of benzene rings is 4. The molecule has 60 heavy (non-hydrogen) atoms. The van der Waals surface area contributed by atoms with Crippen molar-refractivity contribution in [2.75, 3.05) is 69.1 Å². The maximum absolute atomic E-state index is 13.8. The Morgan fingerprint density at radius 1 is 0.883 bits per heavy atom. The number of morpholine rings is 1. The molecule has 1 aromatic heterocycles. The summed E-state index contributed by atoms with van der Waals surface area (Å²) in [6.45, 7) is 11.8. The van der Waals surface area contributed by atoms with Gasteiger partial charge in [-0.15, -0.1) is 0 Å². The van der Waals surface area contributed by atoms with E-state index in [-0.39, 0.29) is 40.5 Å². The van der Waals surface area contributed by atoms with E-state index >= 15 is 0 Å². The van der Waals surface area contributed by atoms with E-state index in [2.05, 4.69) is 25.2 Å². The normalized spacial score (nSPS) is 13.8. The number of rotatable bonds is 14. The molecule has 0 spiro atoms. The first-order chi connectivity index (χ1) is 28.2. The van der Waals surface area contributed by atoms with Gasteiger partial charge >= 0.3 is 10.1 Å². The van der Waals surface area contributed by atoms with Crippen LogP contribution in [0.3, 0.4) is 0 Å². The Morgan fingerprint density at radius 3 is 2.30 bits per heavy atom. The quantitative estimate of drug-likeness (QED) is 0.119. The van der Waals surface area contributed by atoms with Crippen molar-refractivity contribution in [1.82, 2.24) is 20.2 Å². The molecule has 3 N–H and O–H groups in total. The van der Waals surface area contributed by atoms with E-state index in [1.807, 2.05) is 52.0 Å². The van der Waals surface area contributed by atoms with E-state index < -0.39 is 26.0 Å². The minimum atomic E-state index is -3.87. The van der Waals surface area contributed by atoms with Crippen LogP contribution in [0.5, 0.6) is 11.5 Å². The number of hydrogen-bond acceptors (Lipinski definition) is 12. The molecule has 1 aliphatic rings. The molecule has 5 aromatic rings. The molecule has 15 nitrogen and oxygen atoms in total. The van der Waals surface area contributed by atoms with Crippen LogP contribution in [0.25, 0.3) is 22.0 Å². The van der Waals surface area contributed by atoms with Crippen LogP contribution in [-0.4, -0.2) is 103 Å². The second-order valence-electron chi connectivity index (χ2n) is 15.8. The summed E-state index contributed by atoms with van der Waals surface area (Å²) >= 11 is 0. The highest BCUT2D eigenvalue weighted by molar-refractivity contribution is 7.92. The standard InChI is InChI=1S/C43H50N6O9S2/c1-27-8-9-30(42(51)47-37-24-33(43(2,3)4)25-38(40(37)56-5)48-59(6,52)53)23-35(27)29-10-11-36-32(21-29)26-45-39(46-36)20-28-18-31(22-34(19-28)58-60(7,54)55)41(50)44-12-13-49-14-16-57-17-15-49/h8-11,18-19,21-26,48H,12-17,20H2,1-7H3,(H,44,50)(H,47,51). The lowest BCUT2D eigenvalue weighted by Gasteiger charge is -2.26. The number of methoxy groups -OCH3 is 1. The molecule has 1 saturated heterocycles. The lowest BCUT2D eigenvalue weighted by atomic mass is 9.86. The van der Waals surface area contributed by atoms with E-state index in [1.54, 1.807) is 42.6 Å². The zero-order valence-corrected chi connectivity index (χ0v) is 36.3. The van der Waals surface area contributed by atoms with E-state index in [1.165, 1.54) is 13.2 Å². The fourth-order valence-electron chi connectivity index (χ4n) is 6.80. The smallest absolute Gasteiger partial charge is 0.306 e. The molecule has 4 aromatic carbocycles. The van der Waals surface area contributed by atoms with Gasteiger partial charge < -0.3 is 24.3 Å². The molecular formula is C43H50N6O9S2. The van der Waals surface area contributed by atoms with Gasteiger partial charge in [0.2, 0.25) is 10.0 Å². The molecule has 17 heteroatoms. The van der Waals surface area contributed by atoms with Gasteiger partial charge in [-0.05, 0) is 94.8 Å². The first kappa shape index (κ1) is 43.9. The summed E-state index contributed by atoms with van der Waals surface area (Å²) in [6, 6.07) is 19.2. The van der Waals surface area contributed by atoms with Crippen molar-refractivity contribution >= 4 is 54.2 Å². The number of aryl methyl sites for hydroxylation is 1. The number of ether oxygens (including phenoxy) is 2. The van der Waals surface area contributed by atoms with Gasteiger partial charge in [0.15, 0.2) is 5.75 Å². The number of amides is 2. The van der Waals surface area contributed by atoms with E-state index in [0.29, 0.717) is 54.5 Å². The largest absolute Gasteiger partial charge is 0.492 e. The third-order valence-corrected chi connectivity index (χ3v) is 10.9. The number of fused-ring (bicyclic) bond motifs is 1. The third kappa shape index (κ3) is 11.6. The fourth-order valence-corrected chi connectivity index (χ4v) is 7.79. The number of anilines is 2. The summed E-state index contributed by atoms with van der Waals surface area (Å²) < 4.78 is 67.1. The summed E-state index contributed by atoms with van der Waals surface area (Å²) in [5, 5.41) is 6.59. The number of carbonyl (C=O) groups excluding carboxylic acids is 2. The van der Waals surface area contributed by atoms with Crippen LogP contribution in [0.1, 0.15) is 64.0 Å². The molecule has 6 rings (SSSR count). The lowest BCUT2D eigenvalue weighted by molar-refractivity contribution is 0.0383. The van der Waals surface area contributed by atoms with Crippen LogP contribution in [0.15, 0.2) is 72.9 Å². The van der Waals surface area contributed by atoms with Crippen LogP contribution in [0.2, 0.25) is 0 Å². The Hall–Kier alpha value is -5.62. The van der Waals surface area contributed by atoms with Gasteiger partial charge in [-0.25, -0.2) is 18.4 Å². The third-order valence-electron chi connectivity index (χ3n) is 9.80. The van der Waals surface area contributed by atoms with Gasteiger partial charge in [0, 0.05) is 55.3 Å². The molecule has 1 fully saturated rings. The van der Waals surface area contributed by atoms with Crippen LogP contribution in [0.4, 0.5) is 11.4 Å². The Morgan fingerprint density at radius 2 is 1.62 bits per heavy atom. The predicted octanol–water partition coefficient (Wildman–Crippen LogP) is 5.53. The Bertz CT molecular complexity index is 2660. The van der Waals surface area contributed by atoms with E-state index in [4.69, 9.17) is 18.6 Å². The highest BCUT2D eigenvalue weighted by Crippen LogP contribution is 2.39. The predicted molar refractivity (Wildman–Crippen MR) is 232 cm³/mol. The second kappa shape index (κ2) is 17.9. The number of carbonyl (C=O) groups is 2. The highest BCUT2D eigenvalue weighted by Gasteiger charge is 2.23. The first-order valence-electron chi connectivity index (χ1n) is 19.2. The zero-order chi connectivity index (χ0) is 43.4. The molecule has 318 valence electrons. The number of nitrogens with zero attached hydrogens (tertiary/aromatic N) is 3. The van der Waals surface area contributed by atoms with Crippen molar-refractivity contribution in [2.24, 2.45) is 0 Å². The van der Waals surface area contributed by atoms with Gasteiger partial charge in [0.05, 0.1) is 49.7 Å². The summed E-state index contributed by atoms with van der Waals surface area (Å²) in [7, 11) is -6.11. The zero-order valence-electron chi connectivity index (χ0n) is 34.7. The van der Waals surface area contributed by atoms with Crippen molar-refractivity contribution in [1.29, 1.82) is 0 Å². The molecule has 1 aliphatic heterocycles. The molecule has 0 unspecified atom stereocenters. The maximum atomic E-state index is 13.8. The average molecular weight is 859 g/mol. The van der Waals surface area contributed by atoms with Gasteiger partial charge in [-0.3, -0.25) is 19.2 Å². The Balaban J connectivity index is 1.23. The maximum Gasteiger partial charge on any atom is 0.306 e. The van der Waals surface area contributed by atoms with Gasteiger partial charge in [-0.2, -0.15) is 8.42 Å². The summed E-state index contributed by atoms with van der Waals surface area (Å²) in [5.41, 5.74) is 5.36. The minimum absolute atomic E-state index is 0.0105. The van der Waals surface area contributed by atoms with Crippen LogP contribution in [-0.2, 0) is 36.7 Å². The Kier molecular flexibility index (Phi) is 13.1. The summed E-state index contributed by atoms with van der Waals surface area (Å²) in [4.78, 5) is 38.5. The van der Waals surface area contributed by atoms with E-state index in [0.717, 1.165) is 53.2 Å². The molecule has 0 aliphatic carbocycles. The molecule has 2 heterocycles. The highest BCUT2D eigenvalue weighted by atomic mass is 32.2. The number of sulfonamides is 1. The monoisotopic (exact) mass is 858 g/mol. The minimum Gasteiger partial charge on any atom is -0.492 e. The van der Waals surface area contributed by atoms with Crippen molar-refractivity contribution in [3.05, 3.63) is 107 Å². The van der Waals surface area contributed by atoms with Gasteiger partial charge in [-0.1, -0.05) is 32.9 Å². The summed E-state index contributed by atoms with van der Waals surface area (Å²) in [5.74, 6) is -0.145. The molecule has 2 amide bonds. The molecule has 0 saturated carbocycles. The molecule has 0 radical (unpaired) electrons. The van der Waals surface area contributed by atoms with Crippen LogP contribution < -0.4 is 24.3 Å². The molecular weight excluding hydrogens is 809 g/mol. The lowest BCUT2D eigenvalue weighted by Crippen LogP contribution is -2.41. The van der Waals surface area contributed by atoms with Gasteiger partial charge in [0.25, 0.3) is 11.8 Å². The van der Waals surface area contributed by atoms with Crippen molar-refractivity contribution < 1.29 is 40.1 Å².